The third-order valence-electron chi connectivity index (χ3n) is 3.42. The molecular formula is C19H18FN3O. The minimum atomic E-state index is -0.316. The molecule has 0 unspecified atom stereocenters. The van der Waals surface area contributed by atoms with Gasteiger partial charge in [0.1, 0.15) is 12.4 Å². The van der Waals surface area contributed by atoms with Crippen LogP contribution in [0.25, 0.3) is 0 Å². The lowest BCUT2D eigenvalue weighted by Gasteiger charge is -2.10. The van der Waals surface area contributed by atoms with E-state index >= 15 is 0 Å². The molecule has 122 valence electrons. The number of nitrogens with zero attached hydrogens (tertiary/aromatic N) is 2. The minimum Gasteiger partial charge on any atom is -0.473 e. The molecule has 0 bridgehead atoms. The Hall–Kier alpha value is -2.95. The maximum Gasteiger partial charge on any atom is 0.230 e. The Bertz CT molecular complexity index is 834. The van der Waals surface area contributed by atoms with E-state index in [4.69, 9.17) is 4.74 Å². The Morgan fingerprint density at radius 3 is 2.54 bits per heavy atom. The molecule has 3 rings (SSSR count). The highest BCUT2D eigenvalue weighted by molar-refractivity contribution is 5.53. The van der Waals surface area contributed by atoms with Crippen molar-refractivity contribution in [3.63, 3.8) is 0 Å². The van der Waals surface area contributed by atoms with E-state index in [1.807, 2.05) is 38.1 Å². The number of rotatable bonds is 5. The van der Waals surface area contributed by atoms with Crippen molar-refractivity contribution in [2.45, 2.75) is 20.5 Å². The molecule has 0 spiro atoms. The predicted octanol–water partition coefficient (Wildman–Crippen LogP) is 4.56. The predicted molar refractivity (Wildman–Crippen MR) is 92.0 cm³/mol. The zero-order chi connectivity index (χ0) is 16.9. The van der Waals surface area contributed by atoms with E-state index in [-0.39, 0.29) is 5.82 Å². The summed E-state index contributed by atoms with van der Waals surface area (Å²) in [5.74, 6) is 0.532. The molecule has 3 aromatic rings. The van der Waals surface area contributed by atoms with Crippen LogP contribution in [0.15, 0.2) is 54.6 Å². The van der Waals surface area contributed by atoms with E-state index in [0.717, 1.165) is 11.3 Å². The fourth-order valence-electron chi connectivity index (χ4n) is 2.21. The molecule has 1 heterocycles. The van der Waals surface area contributed by atoms with Gasteiger partial charge in [-0.1, -0.05) is 35.9 Å². The first-order valence-electron chi connectivity index (χ1n) is 7.65. The van der Waals surface area contributed by atoms with Crippen LogP contribution in [0.1, 0.15) is 16.8 Å². The Morgan fingerprint density at radius 1 is 1.00 bits per heavy atom. The molecule has 4 nitrogen and oxygen atoms in total. The summed E-state index contributed by atoms with van der Waals surface area (Å²) in [6, 6.07) is 16.1. The van der Waals surface area contributed by atoms with Gasteiger partial charge in [0, 0.05) is 17.4 Å². The normalized spacial score (nSPS) is 10.5. The van der Waals surface area contributed by atoms with E-state index in [1.54, 1.807) is 18.2 Å². The summed E-state index contributed by atoms with van der Waals surface area (Å²) in [4.78, 5) is 8.62. The molecule has 0 aliphatic carbocycles. The molecule has 0 saturated carbocycles. The number of hydrogen-bond donors (Lipinski definition) is 1. The summed E-state index contributed by atoms with van der Waals surface area (Å²) >= 11 is 0. The highest BCUT2D eigenvalue weighted by Crippen LogP contribution is 2.18. The van der Waals surface area contributed by atoms with Crippen LogP contribution >= 0.6 is 0 Å². The lowest BCUT2D eigenvalue weighted by Crippen LogP contribution is -2.03. The topological polar surface area (TPSA) is 47.0 Å². The van der Waals surface area contributed by atoms with Gasteiger partial charge in [-0.05, 0) is 37.6 Å². The fourth-order valence-corrected chi connectivity index (χ4v) is 2.21. The molecule has 0 radical (unpaired) electrons. The summed E-state index contributed by atoms with van der Waals surface area (Å²) < 4.78 is 19.0. The van der Waals surface area contributed by atoms with Gasteiger partial charge in [-0.3, -0.25) is 0 Å². The molecule has 0 fully saturated rings. The van der Waals surface area contributed by atoms with Crippen LogP contribution in [0.3, 0.4) is 0 Å². The molecule has 24 heavy (non-hydrogen) atoms. The van der Waals surface area contributed by atoms with Gasteiger partial charge in [0.25, 0.3) is 0 Å². The second-order valence-corrected chi connectivity index (χ2v) is 5.58. The third-order valence-corrected chi connectivity index (χ3v) is 3.42. The van der Waals surface area contributed by atoms with Crippen LogP contribution in [0.5, 0.6) is 5.88 Å². The van der Waals surface area contributed by atoms with Crippen molar-refractivity contribution >= 4 is 11.6 Å². The maximum atomic E-state index is 13.3. The second kappa shape index (κ2) is 7.08. The van der Waals surface area contributed by atoms with Gasteiger partial charge < -0.3 is 10.1 Å². The average Bonchev–Trinajstić information content (AvgIpc) is 2.54. The van der Waals surface area contributed by atoms with Crippen LogP contribution in [0.4, 0.5) is 16.0 Å². The molecule has 0 amide bonds. The summed E-state index contributed by atoms with van der Waals surface area (Å²) in [6.45, 7) is 4.33. The lowest BCUT2D eigenvalue weighted by atomic mass is 10.2. The average molecular weight is 323 g/mol. The number of aromatic nitrogens is 2. The number of nitrogens with one attached hydrogen (secondary N) is 1. The Kier molecular flexibility index (Phi) is 4.70. The fraction of sp³-hybridized carbons (Fsp3) is 0.158. The summed E-state index contributed by atoms with van der Waals surface area (Å²) in [6.07, 6.45) is 0. The van der Waals surface area contributed by atoms with Crippen molar-refractivity contribution in [2.24, 2.45) is 0 Å². The molecule has 0 saturated heterocycles. The largest absolute Gasteiger partial charge is 0.473 e. The van der Waals surface area contributed by atoms with Crippen LogP contribution in [0, 0.1) is 19.7 Å². The number of aryl methyl sites for hydroxylation is 2. The quantitative estimate of drug-likeness (QED) is 0.748. The number of anilines is 2. The molecule has 0 aliphatic rings. The number of hydrogen-bond acceptors (Lipinski definition) is 4. The van der Waals surface area contributed by atoms with Gasteiger partial charge in [0.2, 0.25) is 11.8 Å². The third kappa shape index (κ3) is 4.29. The summed E-state index contributed by atoms with van der Waals surface area (Å²) in [7, 11) is 0. The Morgan fingerprint density at radius 2 is 1.79 bits per heavy atom. The summed E-state index contributed by atoms with van der Waals surface area (Å²) in [5, 5.41) is 2.99. The SMILES string of the molecule is Cc1ccc(COc2cc(C)nc(Nc3cccc(F)c3)n2)cc1. The maximum absolute atomic E-state index is 13.3. The van der Waals surface area contributed by atoms with Crippen LogP contribution < -0.4 is 10.1 Å². The van der Waals surface area contributed by atoms with Gasteiger partial charge in [0.05, 0.1) is 0 Å². The van der Waals surface area contributed by atoms with Gasteiger partial charge in [0.15, 0.2) is 0 Å². The van der Waals surface area contributed by atoms with Crippen LogP contribution in [-0.4, -0.2) is 9.97 Å². The van der Waals surface area contributed by atoms with Gasteiger partial charge in [-0.15, -0.1) is 0 Å². The number of halogens is 1. The Labute approximate surface area is 140 Å². The van der Waals surface area contributed by atoms with E-state index in [9.17, 15) is 4.39 Å². The number of benzene rings is 2. The molecular weight excluding hydrogens is 305 g/mol. The lowest BCUT2D eigenvalue weighted by molar-refractivity contribution is 0.293. The van der Waals surface area contributed by atoms with Gasteiger partial charge >= 0.3 is 0 Å². The molecule has 1 aromatic heterocycles. The van der Waals surface area contributed by atoms with Crippen LogP contribution in [0.2, 0.25) is 0 Å². The van der Waals surface area contributed by atoms with Crippen molar-refractivity contribution in [2.75, 3.05) is 5.32 Å². The smallest absolute Gasteiger partial charge is 0.230 e. The van der Waals surface area contributed by atoms with Crippen molar-refractivity contribution in [1.82, 2.24) is 9.97 Å². The zero-order valence-corrected chi connectivity index (χ0v) is 13.6. The first kappa shape index (κ1) is 15.9. The van der Waals surface area contributed by atoms with Gasteiger partial charge in [-0.2, -0.15) is 4.98 Å². The second-order valence-electron chi connectivity index (χ2n) is 5.58. The van der Waals surface area contributed by atoms with E-state index < -0.39 is 0 Å². The molecule has 0 atom stereocenters. The summed E-state index contributed by atoms with van der Waals surface area (Å²) in [5.41, 5.74) is 3.63. The molecule has 0 aliphatic heterocycles. The first-order chi connectivity index (χ1) is 11.6. The highest BCUT2D eigenvalue weighted by atomic mass is 19.1. The Balaban J connectivity index is 1.72. The zero-order valence-electron chi connectivity index (χ0n) is 13.6. The van der Waals surface area contributed by atoms with E-state index in [0.29, 0.717) is 24.1 Å². The van der Waals surface area contributed by atoms with Crippen LogP contribution in [-0.2, 0) is 6.61 Å². The van der Waals surface area contributed by atoms with Crippen molar-refractivity contribution < 1.29 is 9.13 Å². The van der Waals surface area contributed by atoms with Crippen molar-refractivity contribution in [3.8, 4) is 5.88 Å². The number of ether oxygens (including phenoxy) is 1. The van der Waals surface area contributed by atoms with Gasteiger partial charge in [-0.25, -0.2) is 9.37 Å². The highest BCUT2D eigenvalue weighted by Gasteiger charge is 2.05. The van der Waals surface area contributed by atoms with Crippen molar-refractivity contribution in [3.05, 3.63) is 77.2 Å². The molecule has 2 aromatic carbocycles. The standard InChI is InChI=1S/C19H18FN3O/c1-13-6-8-15(9-7-13)12-24-18-10-14(2)21-19(23-18)22-17-5-3-4-16(20)11-17/h3-11H,12H2,1-2H3,(H,21,22,23). The molecule has 5 heteroatoms. The van der Waals surface area contributed by atoms with E-state index in [1.165, 1.54) is 17.7 Å². The van der Waals surface area contributed by atoms with Crippen molar-refractivity contribution in [1.29, 1.82) is 0 Å². The first-order valence-corrected chi connectivity index (χ1v) is 7.65. The molecule has 1 N–H and O–H groups in total. The minimum absolute atomic E-state index is 0.316. The monoisotopic (exact) mass is 323 g/mol. The van der Waals surface area contributed by atoms with E-state index in [2.05, 4.69) is 15.3 Å².